The largest absolute Gasteiger partial charge is 0.356 e. The average Bonchev–Trinajstić information content (AvgIpc) is 3.06. The number of carbonyl (C=O) groups excluding carboxylic acids is 1. The topological polar surface area (TPSA) is 29.1 Å². The quantitative estimate of drug-likeness (QED) is 0.0521. The van der Waals surface area contributed by atoms with E-state index in [-0.39, 0.29) is 5.91 Å². The maximum absolute atomic E-state index is 12.1. The number of carbonyl (C=O) groups is 1. The van der Waals surface area contributed by atoms with Crippen LogP contribution >= 0.6 is 0 Å². The third kappa shape index (κ3) is 41.2. The van der Waals surface area contributed by atoms with E-state index in [0.29, 0.717) is 0 Å². The molecule has 0 fully saturated rings. The van der Waals surface area contributed by atoms with Gasteiger partial charge in [0.1, 0.15) is 0 Å². The molecule has 0 bridgehead atoms. The smallest absolute Gasteiger partial charge is 0.219 e. The third-order valence-corrected chi connectivity index (χ3v) is 10.0. The van der Waals surface area contributed by atoms with Crippen LogP contribution in [0.3, 0.4) is 0 Å². The molecule has 0 aromatic carbocycles. The molecule has 0 aromatic rings. The van der Waals surface area contributed by atoms with E-state index in [9.17, 15) is 4.79 Å². The number of unbranched alkanes of at least 4 members (excludes halogenated alkanes) is 34. The minimum Gasteiger partial charge on any atom is -0.356 e. The van der Waals surface area contributed by atoms with Gasteiger partial charge in [-0.05, 0) is 38.5 Å². The molecule has 1 N–H and O–H groups in total. The Balaban J connectivity index is 3.17. The van der Waals surface area contributed by atoms with Crippen LogP contribution in [0.25, 0.3) is 0 Å². The van der Waals surface area contributed by atoms with Crippen LogP contribution in [0.15, 0.2) is 12.2 Å². The molecule has 0 saturated heterocycles. The molecule has 0 atom stereocenters. The van der Waals surface area contributed by atoms with Crippen molar-refractivity contribution in [3.8, 4) is 0 Å². The van der Waals surface area contributed by atoms with Gasteiger partial charge in [-0.3, -0.25) is 4.79 Å². The van der Waals surface area contributed by atoms with E-state index in [1.165, 1.54) is 225 Å². The van der Waals surface area contributed by atoms with E-state index in [1.807, 2.05) is 0 Å². The lowest BCUT2D eigenvalue weighted by Crippen LogP contribution is -2.23. The lowest BCUT2D eigenvalue weighted by atomic mass is 10.0. The van der Waals surface area contributed by atoms with Gasteiger partial charge in [-0.2, -0.15) is 0 Å². The second-order valence-corrected chi connectivity index (χ2v) is 14.8. The second kappa shape index (κ2) is 42.2. The van der Waals surface area contributed by atoms with Crippen molar-refractivity contribution in [3.63, 3.8) is 0 Å². The lowest BCUT2D eigenvalue weighted by Gasteiger charge is -2.06. The van der Waals surface area contributed by atoms with E-state index in [2.05, 4.69) is 31.3 Å². The van der Waals surface area contributed by atoms with Gasteiger partial charge in [0.05, 0.1) is 0 Å². The molecular weight excluding hydrogens is 558 g/mol. The number of hydrogen-bond donors (Lipinski definition) is 1. The van der Waals surface area contributed by atoms with Crippen molar-refractivity contribution >= 4 is 5.91 Å². The van der Waals surface area contributed by atoms with Crippen LogP contribution in [0, 0.1) is 0 Å². The van der Waals surface area contributed by atoms with Gasteiger partial charge in [-0.1, -0.05) is 225 Å². The van der Waals surface area contributed by atoms with Crippen molar-refractivity contribution in [2.75, 3.05) is 6.54 Å². The SMILES string of the molecule is CCCCCCCCC=CCCCCCCCCCCCC(=O)NCCCCCCCCCCCCCCCCCCCCCC. The summed E-state index contributed by atoms with van der Waals surface area (Å²) in [5, 5.41) is 3.16. The Morgan fingerprint density at radius 2 is 0.609 bits per heavy atom. The normalized spacial score (nSPS) is 11.6. The number of rotatable bonds is 40. The average molecular weight is 646 g/mol. The first-order valence-corrected chi connectivity index (χ1v) is 21.7. The molecule has 1 amide bonds. The number of nitrogens with one attached hydrogen (secondary N) is 1. The number of allylic oxidation sites excluding steroid dienone is 2. The Labute approximate surface area is 291 Å². The summed E-state index contributed by atoms with van der Waals surface area (Å²) >= 11 is 0. The van der Waals surface area contributed by atoms with Gasteiger partial charge in [0, 0.05) is 13.0 Å². The maximum Gasteiger partial charge on any atom is 0.219 e. The molecule has 0 aliphatic heterocycles. The molecule has 2 nitrogen and oxygen atoms in total. The fourth-order valence-electron chi connectivity index (χ4n) is 6.76. The molecule has 0 saturated carbocycles. The predicted octanol–water partition coefficient (Wildman–Crippen LogP) is 15.5. The van der Waals surface area contributed by atoms with Gasteiger partial charge in [0.15, 0.2) is 0 Å². The molecular formula is C44H87NO. The summed E-state index contributed by atoms with van der Waals surface area (Å²) < 4.78 is 0. The second-order valence-electron chi connectivity index (χ2n) is 14.8. The van der Waals surface area contributed by atoms with Crippen LogP contribution in [0.1, 0.15) is 258 Å². The Hall–Kier alpha value is -0.790. The minimum absolute atomic E-state index is 0.277. The highest BCUT2D eigenvalue weighted by Crippen LogP contribution is 2.15. The van der Waals surface area contributed by atoms with Gasteiger partial charge in [-0.15, -0.1) is 0 Å². The van der Waals surface area contributed by atoms with Gasteiger partial charge < -0.3 is 5.32 Å². The van der Waals surface area contributed by atoms with Crippen molar-refractivity contribution in [1.29, 1.82) is 0 Å². The number of hydrogen-bond acceptors (Lipinski definition) is 1. The fraction of sp³-hybridized carbons (Fsp3) is 0.932. The lowest BCUT2D eigenvalue weighted by molar-refractivity contribution is -0.121. The van der Waals surface area contributed by atoms with Crippen LogP contribution in [-0.2, 0) is 4.79 Å². The van der Waals surface area contributed by atoms with Gasteiger partial charge in [0.25, 0.3) is 0 Å². The Bertz CT molecular complexity index is 584. The molecule has 0 aromatic heterocycles. The summed E-state index contributed by atoms with van der Waals surface area (Å²) in [6.07, 6.45) is 56.7. The van der Waals surface area contributed by atoms with Crippen molar-refractivity contribution in [2.24, 2.45) is 0 Å². The molecule has 0 rings (SSSR count). The highest BCUT2D eigenvalue weighted by Gasteiger charge is 2.01. The zero-order chi connectivity index (χ0) is 33.3. The molecule has 2 heteroatoms. The minimum atomic E-state index is 0.277. The van der Waals surface area contributed by atoms with Gasteiger partial charge >= 0.3 is 0 Å². The van der Waals surface area contributed by atoms with Crippen LogP contribution in [0.5, 0.6) is 0 Å². The Morgan fingerprint density at radius 1 is 0.348 bits per heavy atom. The monoisotopic (exact) mass is 646 g/mol. The van der Waals surface area contributed by atoms with Crippen LogP contribution in [0.2, 0.25) is 0 Å². The molecule has 46 heavy (non-hydrogen) atoms. The fourth-order valence-corrected chi connectivity index (χ4v) is 6.76. The first-order chi connectivity index (χ1) is 22.8. The summed E-state index contributed by atoms with van der Waals surface area (Å²) in [6.45, 7) is 5.47. The molecule has 274 valence electrons. The van der Waals surface area contributed by atoms with Crippen LogP contribution in [0.4, 0.5) is 0 Å². The van der Waals surface area contributed by atoms with E-state index in [4.69, 9.17) is 0 Å². The van der Waals surface area contributed by atoms with Crippen LogP contribution < -0.4 is 5.32 Å². The highest BCUT2D eigenvalue weighted by molar-refractivity contribution is 5.75. The molecule has 0 aliphatic carbocycles. The summed E-state index contributed by atoms with van der Waals surface area (Å²) in [7, 11) is 0. The van der Waals surface area contributed by atoms with Crippen molar-refractivity contribution < 1.29 is 4.79 Å². The van der Waals surface area contributed by atoms with Crippen molar-refractivity contribution in [1.82, 2.24) is 5.32 Å². The maximum atomic E-state index is 12.1. The zero-order valence-corrected chi connectivity index (χ0v) is 32.1. The van der Waals surface area contributed by atoms with Gasteiger partial charge in [-0.25, -0.2) is 0 Å². The molecule has 0 aliphatic rings. The Kier molecular flexibility index (Phi) is 41.5. The van der Waals surface area contributed by atoms with E-state index >= 15 is 0 Å². The Morgan fingerprint density at radius 3 is 0.935 bits per heavy atom. The molecule has 0 unspecified atom stereocenters. The number of amides is 1. The molecule has 0 spiro atoms. The third-order valence-electron chi connectivity index (χ3n) is 10.0. The van der Waals surface area contributed by atoms with E-state index in [0.717, 1.165) is 25.8 Å². The zero-order valence-electron chi connectivity index (χ0n) is 32.1. The van der Waals surface area contributed by atoms with Crippen LogP contribution in [-0.4, -0.2) is 12.5 Å². The molecule has 0 heterocycles. The summed E-state index contributed by atoms with van der Waals surface area (Å²) in [5.41, 5.74) is 0. The first kappa shape index (κ1) is 45.2. The van der Waals surface area contributed by atoms with E-state index < -0.39 is 0 Å². The van der Waals surface area contributed by atoms with Crippen molar-refractivity contribution in [2.45, 2.75) is 258 Å². The first-order valence-electron chi connectivity index (χ1n) is 21.7. The summed E-state index contributed by atoms with van der Waals surface area (Å²) in [6, 6.07) is 0. The molecule has 0 radical (unpaired) electrons. The highest BCUT2D eigenvalue weighted by atomic mass is 16.1. The van der Waals surface area contributed by atoms with E-state index in [1.54, 1.807) is 0 Å². The summed E-state index contributed by atoms with van der Waals surface area (Å²) in [5.74, 6) is 0.277. The van der Waals surface area contributed by atoms with Crippen molar-refractivity contribution in [3.05, 3.63) is 12.2 Å². The standard InChI is InChI=1S/C44H87NO/c1-3-5-7-9-11-13-15-17-19-21-23-25-27-29-31-33-35-37-39-41-43-45-44(46)42-40-38-36-34-32-30-28-26-24-22-20-18-16-14-12-10-8-6-4-2/h18,20H,3-17,19,21-43H2,1-2H3,(H,45,46). The predicted molar refractivity (Wildman–Crippen MR) is 209 cm³/mol. The van der Waals surface area contributed by atoms with Gasteiger partial charge in [0.2, 0.25) is 5.91 Å². The summed E-state index contributed by atoms with van der Waals surface area (Å²) in [4.78, 5) is 12.1.